The molecule has 1 fully saturated rings. The summed E-state index contributed by atoms with van der Waals surface area (Å²) in [4.78, 5) is 27.9. The molecule has 0 bridgehead atoms. The molecule has 0 radical (unpaired) electrons. The molecule has 7 nitrogen and oxygen atoms in total. The SMILES string of the molecule is Cc1nccn1CCCNC(=O)N1C[C@@H](C(F)(F)F)[C@H](C(=O)O)C1. The van der Waals surface area contributed by atoms with E-state index in [4.69, 9.17) is 5.11 Å². The zero-order valence-electron chi connectivity index (χ0n) is 13.1. The van der Waals surface area contributed by atoms with Crippen molar-refractivity contribution in [3.05, 3.63) is 18.2 Å². The first kappa shape index (κ1) is 18.1. The third-order valence-corrected chi connectivity index (χ3v) is 4.12. The van der Waals surface area contributed by atoms with Crippen molar-refractivity contribution in [3.8, 4) is 0 Å². The fourth-order valence-electron chi connectivity index (χ4n) is 2.75. The van der Waals surface area contributed by atoms with Crippen molar-refractivity contribution in [1.82, 2.24) is 19.8 Å². The molecule has 1 aliphatic heterocycles. The highest BCUT2D eigenvalue weighted by molar-refractivity contribution is 5.77. The van der Waals surface area contributed by atoms with Gasteiger partial charge in [0.25, 0.3) is 0 Å². The van der Waals surface area contributed by atoms with Crippen LogP contribution in [0.1, 0.15) is 12.2 Å². The molecule has 134 valence electrons. The second-order valence-electron chi connectivity index (χ2n) is 5.75. The fourth-order valence-corrected chi connectivity index (χ4v) is 2.75. The van der Waals surface area contributed by atoms with Gasteiger partial charge in [-0.1, -0.05) is 0 Å². The highest BCUT2D eigenvalue weighted by Gasteiger charge is 2.53. The molecule has 0 unspecified atom stereocenters. The van der Waals surface area contributed by atoms with Crippen LogP contribution in [-0.4, -0.2) is 57.4 Å². The third-order valence-electron chi connectivity index (χ3n) is 4.12. The Morgan fingerprint density at radius 3 is 2.62 bits per heavy atom. The van der Waals surface area contributed by atoms with Crippen LogP contribution in [0.4, 0.5) is 18.0 Å². The molecule has 0 aromatic carbocycles. The maximum absolute atomic E-state index is 12.9. The van der Waals surface area contributed by atoms with Crippen LogP contribution >= 0.6 is 0 Å². The van der Waals surface area contributed by atoms with E-state index in [-0.39, 0.29) is 6.54 Å². The number of hydrogen-bond donors (Lipinski definition) is 2. The number of carbonyl (C=O) groups is 2. The molecular weight excluding hydrogens is 329 g/mol. The summed E-state index contributed by atoms with van der Waals surface area (Å²) < 4.78 is 40.5. The lowest BCUT2D eigenvalue weighted by atomic mass is 9.96. The van der Waals surface area contributed by atoms with Gasteiger partial charge in [-0.25, -0.2) is 9.78 Å². The number of nitrogens with one attached hydrogen (secondary N) is 1. The van der Waals surface area contributed by atoms with E-state index in [0.717, 1.165) is 10.7 Å². The van der Waals surface area contributed by atoms with Gasteiger partial charge in [-0.3, -0.25) is 4.79 Å². The average molecular weight is 348 g/mol. The molecule has 1 aliphatic rings. The largest absolute Gasteiger partial charge is 0.481 e. The molecule has 24 heavy (non-hydrogen) atoms. The van der Waals surface area contributed by atoms with E-state index in [1.807, 2.05) is 11.5 Å². The van der Waals surface area contributed by atoms with Gasteiger partial charge in [0.1, 0.15) is 5.82 Å². The number of amides is 2. The number of carboxylic acids is 1. The minimum Gasteiger partial charge on any atom is -0.481 e. The summed E-state index contributed by atoms with van der Waals surface area (Å²) in [5.41, 5.74) is 0. The Kier molecular flexibility index (Phi) is 5.35. The molecule has 0 spiro atoms. The standard InChI is InChI=1S/C14H19F3N4O3/c1-9-18-4-6-20(9)5-2-3-19-13(24)21-7-10(12(22)23)11(8-21)14(15,16)17/h4,6,10-11H,2-3,5,7-8H2,1H3,(H,19,24)(H,22,23)/t10-,11-/m1/s1. The summed E-state index contributed by atoms with van der Waals surface area (Å²) in [6.07, 6.45) is -0.608. The quantitative estimate of drug-likeness (QED) is 0.789. The number of aryl methyl sites for hydroxylation is 2. The molecule has 1 aromatic heterocycles. The first-order valence-corrected chi connectivity index (χ1v) is 7.50. The number of rotatable bonds is 5. The van der Waals surface area contributed by atoms with Crippen molar-refractivity contribution in [2.24, 2.45) is 11.8 Å². The van der Waals surface area contributed by atoms with Crippen molar-refractivity contribution in [2.75, 3.05) is 19.6 Å². The average Bonchev–Trinajstić information content (AvgIpc) is 3.09. The number of nitrogens with zero attached hydrogens (tertiary/aromatic N) is 3. The Hall–Kier alpha value is -2.26. The van der Waals surface area contributed by atoms with E-state index < -0.39 is 43.1 Å². The molecule has 1 aromatic rings. The summed E-state index contributed by atoms with van der Waals surface area (Å²) in [7, 11) is 0. The van der Waals surface area contributed by atoms with Crippen LogP contribution in [0.3, 0.4) is 0 Å². The number of likely N-dealkylation sites (tertiary alicyclic amines) is 1. The van der Waals surface area contributed by atoms with Gasteiger partial charge < -0.3 is 19.9 Å². The molecular formula is C14H19F3N4O3. The van der Waals surface area contributed by atoms with Gasteiger partial charge in [0.2, 0.25) is 0 Å². The second-order valence-corrected chi connectivity index (χ2v) is 5.75. The van der Waals surface area contributed by atoms with Gasteiger partial charge in [-0.15, -0.1) is 0 Å². The topological polar surface area (TPSA) is 87.5 Å². The molecule has 2 atom stereocenters. The minimum absolute atomic E-state index is 0.279. The second kappa shape index (κ2) is 7.10. The van der Waals surface area contributed by atoms with Crippen molar-refractivity contribution in [1.29, 1.82) is 0 Å². The molecule has 1 saturated heterocycles. The fraction of sp³-hybridized carbons (Fsp3) is 0.643. The van der Waals surface area contributed by atoms with Crippen LogP contribution in [0.25, 0.3) is 0 Å². The van der Waals surface area contributed by atoms with Crippen LogP contribution in [0, 0.1) is 18.8 Å². The normalized spacial score (nSPS) is 21.1. The molecule has 10 heteroatoms. The van der Waals surface area contributed by atoms with E-state index in [9.17, 15) is 22.8 Å². The number of alkyl halides is 3. The Morgan fingerprint density at radius 1 is 1.42 bits per heavy atom. The molecule has 2 rings (SSSR count). The summed E-state index contributed by atoms with van der Waals surface area (Å²) in [6.45, 7) is 1.67. The Bertz CT molecular complexity index is 602. The molecule has 2 heterocycles. The van der Waals surface area contributed by atoms with Gasteiger partial charge in [-0.05, 0) is 13.3 Å². The van der Waals surface area contributed by atoms with Gasteiger partial charge in [0, 0.05) is 38.6 Å². The summed E-state index contributed by atoms with van der Waals surface area (Å²) in [6, 6.07) is -0.671. The van der Waals surface area contributed by atoms with Gasteiger partial charge in [-0.2, -0.15) is 13.2 Å². The Balaban J connectivity index is 1.82. The maximum Gasteiger partial charge on any atom is 0.394 e. The van der Waals surface area contributed by atoms with Gasteiger partial charge in [0.05, 0.1) is 11.8 Å². The number of hydrogen-bond acceptors (Lipinski definition) is 3. The van der Waals surface area contributed by atoms with Crippen LogP contribution < -0.4 is 5.32 Å². The van der Waals surface area contributed by atoms with Crippen molar-refractivity contribution < 1.29 is 27.9 Å². The Morgan fingerprint density at radius 2 is 2.12 bits per heavy atom. The number of carboxylic acid groups (broad SMARTS) is 1. The monoisotopic (exact) mass is 348 g/mol. The van der Waals surface area contributed by atoms with Crippen molar-refractivity contribution in [3.63, 3.8) is 0 Å². The van der Waals surface area contributed by atoms with Crippen molar-refractivity contribution >= 4 is 12.0 Å². The van der Waals surface area contributed by atoms with Crippen LogP contribution in [0.5, 0.6) is 0 Å². The number of aromatic nitrogens is 2. The molecule has 0 saturated carbocycles. The lowest BCUT2D eigenvalue weighted by Gasteiger charge is -2.18. The van der Waals surface area contributed by atoms with Crippen LogP contribution in [-0.2, 0) is 11.3 Å². The highest BCUT2D eigenvalue weighted by Crippen LogP contribution is 2.37. The van der Waals surface area contributed by atoms with E-state index >= 15 is 0 Å². The molecule has 2 amide bonds. The number of imidazole rings is 1. The van der Waals surface area contributed by atoms with E-state index in [1.54, 1.807) is 12.4 Å². The molecule has 0 aliphatic carbocycles. The summed E-state index contributed by atoms with van der Waals surface area (Å²) in [5, 5.41) is 11.5. The first-order chi connectivity index (χ1) is 11.2. The molecule has 2 N–H and O–H groups in total. The van der Waals surface area contributed by atoms with E-state index in [0.29, 0.717) is 13.0 Å². The van der Waals surface area contributed by atoms with E-state index in [1.165, 1.54) is 0 Å². The summed E-state index contributed by atoms with van der Waals surface area (Å²) in [5.74, 6) is -4.36. The zero-order valence-corrected chi connectivity index (χ0v) is 13.1. The lowest BCUT2D eigenvalue weighted by molar-refractivity contribution is -0.187. The van der Waals surface area contributed by atoms with Gasteiger partial charge >= 0.3 is 18.2 Å². The highest BCUT2D eigenvalue weighted by atomic mass is 19.4. The third kappa shape index (κ3) is 4.18. The number of halogens is 3. The maximum atomic E-state index is 12.9. The van der Waals surface area contributed by atoms with Crippen LogP contribution in [0.15, 0.2) is 12.4 Å². The number of carbonyl (C=O) groups excluding carboxylic acids is 1. The predicted octanol–water partition coefficient (Wildman–Crippen LogP) is 1.49. The number of urea groups is 1. The first-order valence-electron chi connectivity index (χ1n) is 7.50. The van der Waals surface area contributed by atoms with E-state index in [2.05, 4.69) is 10.3 Å². The number of aliphatic carboxylic acids is 1. The summed E-state index contributed by atoms with van der Waals surface area (Å²) >= 11 is 0. The Labute approximate surface area is 136 Å². The zero-order chi connectivity index (χ0) is 17.9. The van der Waals surface area contributed by atoms with Gasteiger partial charge in [0.15, 0.2) is 0 Å². The smallest absolute Gasteiger partial charge is 0.394 e. The lowest BCUT2D eigenvalue weighted by Crippen LogP contribution is -2.40. The minimum atomic E-state index is -4.64. The predicted molar refractivity (Wildman–Crippen MR) is 77.2 cm³/mol. The van der Waals surface area contributed by atoms with Crippen molar-refractivity contribution in [2.45, 2.75) is 26.1 Å². The van der Waals surface area contributed by atoms with Crippen LogP contribution in [0.2, 0.25) is 0 Å².